The number of aliphatic hydroxyl groups is 4. The average Bonchev–Trinajstić information content (AvgIpc) is 3.24. The van der Waals surface area contributed by atoms with Crippen LogP contribution < -0.4 is 11.2 Å². The Morgan fingerprint density at radius 2 is 1.52 bits per heavy atom. The summed E-state index contributed by atoms with van der Waals surface area (Å²) in [6.45, 7) is 9.49. The minimum atomic E-state index is -0.738. The van der Waals surface area contributed by atoms with Gasteiger partial charge in [0.25, 0.3) is 5.91 Å². The van der Waals surface area contributed by atoms with Crippen molar-refractivity contribution >= 4 is 17.9 Å². The van der Waals surface area contributed by atoms with E-state index in [1.807, 2.05) is 39.0 Å². The van der Waals surface area contributed by atoms with E-state index in [-0.39, 0.29) is 68.0 Å². The van der Waals surface area contributed by atoms with Crippen molar-refractivity contribution in [2.45, 2.75) is 171 Å². The number of carbonyl (C=O) groups excluding carboxylic acids is 1. The molecular formula is C46H70N2O12S. The van der Waals surface area contributed by atoms with Crippen molar-refractivity contribution in [2.24, 2.45) is 5.90 Å². The molecule has 1 aromatic rings. The summed E-state index contributed by atoms with van der Waals surface area (Å²) in [6, 6.07) is 6.89. The molecule has 3 aliphatic rings. The van der Waals surface area contributed by atoms with Gasteiger partial charge in [-0.1, -0.05) is 37.0 Å². The number of rotatable bonds is 25. The molecule has 0 radical (unpaired) electrons. The topological polar surface area (TPSA) is 201 Å². The number of carbonyl (C=O) groups is 1. The number of unbranched alkanes of at least 4 members (excludes halogenated alkanes) is 1. The molecule has 3 saturated heterocycles. The molecular weight excluding hydrogens is 805 g/mol. The maximum Gasteiger partial charge on any atom is 0.251 e. The van der Waals surface area contributed by atoms with Gasteiger partial charge in [-0.25, -0.2) is 10.2 Å². The molecule has 0 aliphatic carbocycles. The van der Waals surface area contributed by atoms with E-state index >= 15 is 0 Å². The second kappa shape index (κ2) is 28.0. The summed E-state index contributed by atoms with van der Waals surface area (Å²) in [4.78, 5) is 13.7. The fourth-order valence-corrected chi connectivity index (χ4v) is 8.32. The number of hydrogen-bond acceptors (Lipinski definition) is 14. The predicted molar refractivity (Wildman–Crippen MR) is 234 cm³/mol. The van der Waals surface area contributed by atoms with Crippen molar-refractivity contribution in [1.82, 2.24) is 5.32 Å². The molecule has 0 aromatic heterocycles. The zero-order valence-corrected chi connectivity index (χ0v) is 36.9. The Balaban J connectivity index is 1.30. The number of hydrogen-bond donors (Lipinski definition) is 6. The van der Waals surface area contributed by atoms with Gasteiger partial charge in [0.2, 0.25) is 0 Å². The van der Waals surface area contributed by atoms with Crippen LogP contribution >= 0.6 is 12.0 Å². The highest BCUT2D eigenvalue weighted by Gasteiger charge is 2.35. The van der Waals surface area contributed by atoms with E-state index in [0.717, 1.165) is 55.5 Å². The number of amides is 1. The van der Waals surface area contributed by atoms with E-state index in [1.165, 1.54) is 12.2 Å². The van der Waals surface area contributed by atoms with Gasteiger partial charge >= 0.3 is 0 Å². The molecule has 10 unspecified atom stereocenters. The number of nitrogens with two attached hydrogens (primary N) is 1. The predicted octanol–water partition coefficient (Wildman–Crippen LogP) is 7.16. The summed E-state index contributed by atoms with van der Waals surface area (Å²) < 4.78 is 42.2. The fraction of sp³-hybridized carbons (Fsp3) is 0.630. The van der Waals surface area contributed by atoms with Gasteiger partial charge < -0.3 is 54.2 Å². The van der Waals surface area contributed by atoms with Crippen molar-refractivity contribution in [1.29, 1.82) is 0 Å². The summed E-state index contributed by atoms with van der Waals surface area (Å²) in [6.07, 6.45) is 16.0. The van der Waals surface area contributed by atoms with Crippen LogP contribution in [0.1, 0.15) is 115 Å². The third kappa shape index (κ3) is 17.7. The monoisotopic (exact) mass is 874 g/mol. The van der Waals surface area contributed by atoms with E-state index in [4.69, 9.17) is 34.3 Å². The molecule has 342 valence electrons. The van der Waals surface area contributed by atoms with Crippen LogP contribution in [-0.2, 0) is 32.7 Å². The highest BCUT2D eigenvalue weighted by atomic mass is 32.2. The molecule has 3 aliphatic heterocycles. The number of benzene rings is 1. The summed E-state index contributed by atoms with van der Waals surface area (Å²) in [5.74, 6) is 4.94. The third-order valence-electron chi connectivity index (χ3n) is 11.0. The normalized spacial score (nSPS) is 28.5. The second-order valence-corrected chi connectivity index (χ2v) is 16.7. The third-order valence-corrected chi connectivity index (χ3v) is 11.6. The Hall–Kier alpha value is -2.90. The van der Waals surface area contributed by atoms with Crippen LogP contribution in [0, 0.1) is 0 Å². The molecule has 3 heterocycles. The molecule has 3 fully saturated rings. The average molecular weight is 875 g/mol. The van der Waals surface area contributed by atoms with Crippen molar-refractivity contribution in [3.8, 4) is 0 Å². The van der Waals surface area contributed by atoms with Crippen LogP contribution in [0.2, 0.25) is 0 Å². The van der Waals surface area contributed by atoms with Crippen molar-refractivity contribution < 1.29 is 57.9 Å². The lowest BCUT2D eigenvalue weighted by Gasteiger charge is -2.38. The Morgan fingerprint density at radius 3 is 2.18 bits per heavy atom. The summed E-state index contributed by atoms with van der Waals surface area (Å²) in [7, 11) is 0. The van der Waals surface area contributed by atoms with Gasteiger partial charge in [-0.2, -0.15) is 0 Å². The van der Waals surface area contributed by atoms with E-state index < -0.39 is 25.0 Å². The standard InChI is InChI=1S/C46H70N2O12S/c1-5-8-14-33(30-50)45-57-38(19-12-18-35-25-31(4)54-46(58-35)41(7-3)42(52)13-6-2)28-39(59-45)26-34(51)15-11-17-37-27-36(16-9-10-24-49)55-43(56-37)29-48-44(53)32-20-22-40(23-21-32)61-60-47/h5-8,13-14,20-23,31,34-39,43,45-46,49-52H,2,9-12,15-19,24-30,47H2,1,3-4H3,(H,48,53)/b8-5-,33-14+,41-7+,42-13+. The molecule has 15 heteroatoms. The highest BCUT2D eigenvalue weighted by Crippen LogP contribution is 2.33. The van der Waals surface area contributed by atoms with Crippen LogP contribution in [0.5, 0.6) is 0 Å². The molecule has 1 aromatic carbocycles. The van der Waals surface area contributed by atoms with Crippen LogP contribution in [0.15, 0.2) is 89.1 Å². The van der Waals surface area contributed by atoms with Gasteiger partial charge in [-0.15, -0.1) is 0 Å². The SMILES string of the molecule is C=C/C=C(O)\C(=C/C)C1OC(C)CC(CCCC2CC(CC(O)CCCC3CC(CCCCO)OC(CNC(=O)c4ccc(SON)cc4)O3)OC(/C(=C/C=C\C)CO)O2)O1. The molecule has 0 saturated carbocycles. The molecule has 4 rings (SSSR count). The first kappa shape index (κ1) is 50.7. The van der Waals surface area contributed by atoms with E-state index in [2.05, 4.69) is 16.2 Å². The minimum Gasteiger partial charge on any atom is -0.507 e. The van der Waals surface area contributed by atoms with Crippen LogP contribution in [0.4, 0.5) is 0 Å². The first-order chi connectivity index (χ1) is 29.6. The van der Waals surface area contributed by atoms with E-state index in [1.54, 1.807) is 30.3 Å². The molecule has 7 N–H and O–H groups in total. The highest BCUT2D eigenvalue weighted by molar-refractivity contribution is 7.94. The maximum atomic E-state index is 12.9. The van der Waals surface area contributed by atoms with E-state index in [9.17, 15) is 25.2 Å². The number of ether oxygens (including phenoxy) is 6. The summed E-state index contributed by atoms with van der Waals surface area (Å²) in [5, 5.41) is 44.3. The zero-order chi connectivity index (χ0) is 44.0. The Morgan fingerprint density at radius 1 is 0.885 bits per heavy atom. The number of aliphatic hydroxyl groups excluding tert-OH is 4. The van der Waals surface area contributed by atoms with Crippen LogP contribution in [0.25, 0.3) is 0 Å². The van der Waals surface area contributed by atoms with Gasteiger partial charge in [0.05, 0.1) is 67.9 Å². The van der Waals surface area contributed by atoms with Crippen molar-refractivity contribution in [3.63, 3.8) is 0 Å². The fourth-order valence-electron chi connectivity index (χ4n) is 7.96. The smallest absolute Gasteiger partial charge is 0.251 e. The molecule has 10 atom stereocenters. The Kier molecular flexibility index (Phi) is 23.3. The van der Waals surface area contributed by atoms with E-state index in [0.29, 0.717) is 61.7 Å². The van der Waals surface area contributed by atoms with Gasteiger partial charge in [0, 0.05) is 41.1 Å². The molecule has 0 spiro atoms. The first-order valence-corrected chi connectivity index (χ1v) is 22.6. The number of nitrogens with one attached hydrogen (secondary N) is 1. The Bertz CT molecular complexity index is 1570. The van der Waals surface area contributed by atoms with Crippen molar-refractivity contribution in [2.75, 3.05) is 19.8 Å². The second-order valence-electron chi connectivity index (χ2n) is 15.9. The zero-order valence-electron chi connectivity index (χ0n) is 36.1. The molecule has 61 heavy (non-hydrogen) atoms. The quantitative estimate of drug-likeness (QED) is 0.0190. The largest absolute Gasteiger partial charge is 0.507 e. The lowest BCUT2D eigenvalue weighted by molar-refractivity contribution is -0.241. The van der Waals surface area contributed by atoms with Gasteiger partial charge in [0.15, 0.2) is 18.9 Å². The summed E-state index contributed by atoms with van der Waals surface area (Å²) >= 11 is 1.01. The maximum absolute atomic E-state index is 12.9. The van der Waals surface area contributed by atoms with Gasteiger partial charge in [-0.05, 0) is 122 Å². The lowest BCUT2D eigenvalue weighted by Crippen LogP contribution is -2.44. The van der Waals surface area contributed by atoms with Crippen molar-refractivity contribution in [3.05, 3.63) is 89.8 Å². The van der Waals surface area contributed by atoms with Gasteiger partial charge in [0.1, 0.15) is 5.76 Å². The Labute approximate surface area is 366 Å². The number of allylic oxidation sites excluding steroid dienone is 6. The first-order valence-electron chi connectivity index (χ1n) is 21.8. The van der Waals surface area contributed by atoms with Crippen LogP contribution in [-0.4, -0.2) is 108 Å². The van der Waals surface area contributed by atoms with Gasteiger partial charge in [-0.3, -0.25) is 4.79 Å². The molecule has 14 nitrogen and oxygen atoms in total. The molecule has 0 bridgehead atoms. The minimum absolute atomic E-state index is 0.0497. The summed E-state index contributed by atoms with van der Waals surface area (Å²) in [5.41, 5.74) is 1.67. The van der Waals surface area contributed by atoms with Crippen LogP contribution in [0.3, 0.4) is 0 Å². The molecule has 1 amide bonds. The lowest BCUT2D eigenvalue weighted by atomic mass is 9.95.